The minimum absolute atomic E-state index is 0.00863. The standard InChI is InChI=1S/C20H22N4O6S/c1-14(25)23-11-9-15(10-12-23)21-20(26)18-7-2-3-8-19(18)22-31(29,30)17-6-4-5-16(13-17)24(27)28/h2-8,13,15,22H,9-12H2,1H3,(H,21,26). The Morgan fingerprint density at radius 3 is 2.42 bits per heavy atom. The van der Waals surface area contributed by atoms with Gasteiger partial charge in [0.2, 0.25) is 5.91 Å². The molecule has 0 radical (unpaired) electrons. The van der Waals surface area contributed by atoms with Gasteiger partial charge in [-0.25, -0.2) is 8.42 Å². The summed E-state index contributed by atoms with van der Waals surface area (Å²) in [6.45, 7) is 2.59. The molecule has 0 spiro atoms. The second-order valence-electron chi connectivity index (χ2n) is 7.16. The van der Waals surface area contributed by atoms with E-state index in [2.05, 4.69) is 10.0 Å². The van der Waals surface area contributed by atoms with Gasteiger partial charge in [0.05, 0.1) is 21.1 Å². The predicted molar refractivity (Wildman–Crippen MR) is 113 cm³/mol. The third-order valence-electron chi connectivity index (χ3n) is 5.03. The molecule has 3 rings (SSSR count). The number of carbonyl (C=O) groups is 2. The van der Waals surface area contributed by atoms with Crippen LogP contribution in [0.2, 0.25) is 0 Å². The van der Waals surface area contributed by atoms with Crippen molar-refractivity contribution in [3.05, 3.63) is 64.2 Å². The predicted octanol–water partition coefficient (Wildman–Crippen LogP) is 2.14. The van der Waals surface area contributed by atoms with Crippen molar-refractivity contribution in [1.29, 1.82) is 0 Å². The summed E-state index contributed by atoms with van der Waals surface area (Å²) in [6, 6.07) is 10.6. The molecule has 0 aliphatic carbocycles. The number of nitro groups is 1. The fourth-order valence-corrected chi connectivity index (χ4v) is 4.46. The molecule has 1 aliphatic rings. The molecule has 2 aromatic rings. The quantitative estimate of drug-likeness (QED) is 0.515. The molecule has 11 heteroatoms. The zero-order chi connectivity index (χ0) is 22.6. The Morgan fingerprint density at radius 1 is 1.10 bits per heavy atom. The lowest BCUT2D eigenvalue weighted by atomic mass is 10.0. The molecule has 0 bridgehead atoms. The molecule has 2 aromatic carbocycles. The van der Waals surface area contributed by atoms with Crippen LogP contribution in [0.15, 0.2) is 53.4 Å². The molecule has 164 valence electrons. The number of sulfonamides is 1. The highest BCUT2D eigenvalue weighted by Crippen LogP contribution is 2.23. The van der Waals surface area contributed by atoms with Crippen molar-refractivity contribution in [2.45, 2.75) is 30.7 Å². The molecule has 0 aromatic heterocycles. The Kier molecular flexibility index (Phi) is 6.54. The summed E-state index contributed by atoms with van der Waals surface area (Å²) in [5.74, 6) is -0.454. The number of benzene rings is 2. The normalized spacial score (nSPS) is 14.7. The maximum absolute atomic E-state index is 12.8. The van der Waals surface area contributed by atoms with Gasteiger partial charge in [0, 0.05) is 38.2 Å². The highest BCUT2D eigenvalue weighted by atomic mass is 32.2. The Hall–Kier alpha value is -3.47. The number of rotatable bonds is 6. The second kappa shape index (κ2) is 9.13. The van der Waals surface area contributed by atoms with Crippen LogP contribution in [0.25, 0.3) is 0 Å². The SMILES string of the molecule is CC(=O)N1CCC(NC(=O)c2ccccc2NS(=O)(=O)c2cccc([N+](=O)[O-])c2)CC1. The van der Waals surface area contributed by atoms with Crippen molar-refractivity contribution >= 4 is 33.2 Å². The smallest absolute Gasteiger partial charge is 0.270 e. The molecule has 2 N–H and O–H groups in total. The number of hydrogen-bond donors (Lipinski definition) is 2. The van der Waals surface area contributed by atoms with Crippen LogP contribution in [0, 0.1) is 10.1 Å². The van der Waals surface area contributed by atoms with E-state index in [1.807, 2.05) is 0 Å². The number of nitrogens with one attached hydrogen (secondary N) is 2. The molecule has 1 fully saturated rings. The molecule has 0 saturated carbocycles. The first-order chi connectivity index (χ1) is 14.7. The minimum atomic E-state index is -4.15. The van der Waals surface area contributed by atoms with Crippen LogP contribution in [0.4, 0.5) is 11.4 Å². The number of anilines is 1. The zero-order valence-electron chi connectivity index (χ0n) is 16.8. The van der Waals surface area contributed by atoms with Gasteiger partial charge in [-0.3, -0.25) is 24.4 Å². The molecule has 31 heavy (non-hydrogen) atoms. The van der Waals surface area contributed by atoms with Crippen LogP contribution in [0.5, 0.6) is 0 Å². The van der Waals surface area contributed by atoms with E-state index >= 15 is 0 Å². The fraction of sp³-hybridized carbons (Fsp3) is 0.300. The zero-order valence-corrected chi connectivity index (χ0v) is 17.6. The van der Waals surface area contributed by atoms with Gasteiger partial charge in [0.25, 0.3) is 21.6 Å². The van der Waals surface area contributed by atoms with E-state index in [9.17, 15) is 28.1 Å². The number of piperidine rings is 1. The van der Waals surface area contributed by atoms with E-state index in [1.165, 1.54) is 37.3 Å². The van der Waals surface area contributed by atoms with E-state index in [4.69, 9.17) is 0 Å². The van der Waals surface area contributed by atoms with E-state index in [0.717, 1.165) is 6.07 Å². The first kappa shape index (κ1) is 22.2. The lowest BCUT2D eigenvalue weighted by molar-refractivity contribution is -0.385. The van der Waals surface area contributed by atoms with E-state index in [1.54, 1.807) is 17.0 Å². The van der Waals surface area contributed by atoms with Gasteiger partial charge in [0.1, 0.15) is 0 Å². The number of hydrogen-bond acceptors (Lipinski definition) is 6. The Labute approximate surface area is 179 Å². The van der Waals surface area contributed by atoms with Gasteiger partial charge < -0.3 is 10.2 Å². The van der Waals surface area contributed by atoms with Gasteiger partial charge in [-0.15, -0.1) is 0 Å². The monoisotopic (exact) mass is 446 g/mol. The van der Waals surface area contributed by atoms with Crippen LogP contribution in [0.3, 0.4) is 0 Å². The molecule has 0 unspecified atom stereocenters. The Balaban J connectivity index is 1.76. The fourth-order valence-electron chi connectivity index (χ4n) is 3.34. The number of non-ortho nitro benzene ring substituents is 1. The van der Waals surface area contributed by atoms with E-state index in [0.29, 0.717) is 25.9 Å². The molecular weight excluding hydrogens is 424 g/mol. The van der Waals surface area contributed by atoms with Gasteiger partial charge in [0.15, 0.2) is 0 Å². The molecule has 1 saturated heterocycles. The van der Waals surface area contributed by atoms with Crippen molar-refractivity contribution in [2.24, 2.45) is 0 Å². The average molecular weight is 446 g/mol. The van der Waals surface area contributed by atoms with Gasteiger partial charge >= 0.3 is 0 Å². The van der Waals surface area contributed by atoms with Crippen LogP contribution < -0.4 is 10.0 Å². The number of likely N-dealkylation sites (tertiary alicyclic amines) is 1. The van der Waals surface area contributed by atoms with Crippen LogP contribution in [0.1, 0.15) is 30.1 Å². The highest BCUT2D eigenvalue weighted by Gasteiger charge is 2.25. The van der Waals surface area contributed by atoms with Crippen molar-refractivity contribution in [1.82, 2.24) is 10.2 Å². The number of nitrogens with zero attached hydrogens (tertiary/aromatic N) is 2. The van der Waals surface area contributed by atoms with E-state index < -0.39 is 20.9 Å². The Morgan fingerprint density at radius 2 is 1.77 bits per heavy atom. The highest BCUT2D eigenvalue weighted by molar-refractivity contribution is 7.92. The second-order valence-corrected chi connectivity index (χ2v) is 8.84. The lowest BCUT2D eigenvalue weighted by Crippen LogP contribution is -2.46. The molecule has 0 atom stereocenters. The number of nitro benzene ring substituents is 1. The summed E-state index contributed by atoms with van der Waals surface area (Å²) >= 11 is 0. The first-order valence-electron chi connectivity index (χ1n) is 9.60. The maximum Gasteiger partial charge on any atom is 0.270 e. The number of amides is 2. The van der Waals surface area contributed by atoms with Crippen molar-refractivity contribution in [3.63, 3.8) is 0 Å². The minimum Gasteiger partial charge on any atom is -0.349 e. The molecule has 1 aliphatic heterocycles. The van der Waals surface area contributed by atoms with Gasteiger partial charge in [-0.2, -0.15) is 0 Å². The third-order valence-corrected chi connectivity index (χ3v) is 6.39. The lowest BCUT2D eigenvalue weighted by Gasteiger charge is -2.31. The summed E-state index contributed by atoms with van der Waals surface area (Å²) in [6.07, 6.45) is 1.21. The topological polar surface area (TPSA) is 139 Å². The third kappa shape index (κ3) is 5.37. The van der Waals surface area contributed by atoms with Crippen LogP contribution in [-0.4, -0.2) is 49.2 Å². The number of para-hydroxylation sites is 1. The van der Waals surface area contributed by atoms with Crippen molar-refractivity contribution in [3.8, 4) is 0 Å². The maximum atomic E-state index is 12.8. The van der Waals surface area contributed by atoms with Crippen molar-refractivity contribution in [2.75, 3.05) is 17.8 Å². The number of carbonyl (C=O) groups excluding carboxylic acids is 2. The molecular formula is C20H22N4O6S. The largest absolute Gasteiger partial charge is 0.349 e. The average Bonchev–Trinajstić information content (AvgIpc) is 2.74. The van der Waals surface area contributed by atoms with Gasteiger partial charge in [-0.1, -0.05) is 18.2 Å². The summed E-state index contributed by atoms with van der Waals surface area (Å²) < 4.78 is 27.8. The first-order valence-corrected chi connectivity index (χ1v) is 11.1. The molecule has 2 amide bonds. The summed E-state index contributed by atoms with van der Waals surface area (Å²) in [5.41, 5.74) is -0.163. The summed E-state index contributed by atoms with van der Waals surface area (Å²) in [7, 11) is -4.15. The van der Waals surface area contributed by atoms with Crippen LogP contribution >= 0.6 is 0 Å². The van der Waals surface area contributed by atoms with Gasteiger partial charge in [-0.05, 0) is 31.0 Å². The molecule has 10 nitrogen and oxygen atoms in total. The summed E-state index contributed by atoms with van der Waals surface area (Å²) in [4.78, 5) is 35.9. The van der Waals surface area contributed by atoms with E-state index in [-0.39, 0.29) is 33.8 Å². The molecule has 1 heterocycles. The Bertz CT molecular complexity index is 1110. The van der Waals surface area contributed by atoms with Crippen molar-refractivity contribution < 1.29 is 22.9 Å². The summed E-state index contributed by atoms with van der Waals surface area (Å²) in [5, 5.41) is 13.8. The van der Waals surface area contributed by atoms with Crippen LogP contribution in [-0.2, 0) is 14.8 Å².